The van der Waals surface area contributed by atoms with E-state index in [0.29, 0.717) is 5.75 Å². The van der Waals surface area contributed by atoms with Crippen LogP contribution in [0, 0.1) is 0 Å². The lowest BCUT2D eigenvalue weighted by molar-refractivity contribution is -0.119. The van der Waals surface area contributed by atoms with Crippen LogP contribution < -0.4 is 11.1 Å². The third-order valence-corrected chi connectivity index (χ3v) is 3.57. The SMILES string of the molecule is CCC(N)CSCC(=O)NC(C)c1ccco1. The van der Waals surface area contributed by atoms with Crippen LogP contribution in [-0.4, -0.2) is 23.5 Å². The zero-order valence-corrected chi connectivity index (χ0v) is 11.1. The first-order chi connectivity index (χ1) is 8.13. The third-order valence-electron chi connectivity index (χ3n) is 2.44. The second kappa shape index (κ2) is 7.40. The van der Waals surface area contributed by atoms with Gasteiger partial charge in [0.15, 0.2) is 0 Å². The number of hydrogen-bond donors (Lipinski definition) is 2. The van der Waals surface area contributed by atoms with Gasteiger partial charge in [-0.05, 0) is 25.5 Å². The van der Waals surface area contributed by atoms with Crippen molar-refractivity contribution in [3.8, 4) is 0 Å². The zero-order chi connectivity index (χ0) is 12.7. The molecule has 0 saturated heterocycles. The fourth-order valence-corrected chi connectivity index (χ4v) is 2.24. The molecule has 4 nitrogen and oxygen atoms in total. The van der Waals surface area contributed by atoms with Gasteiger partial charge in [-0.3, -0.25) is 4.79 Å². The largest absolute Gasteiger partial charge is 0.467 e. The number of carbonyl (C=O) groups excluding carboxylic acids is 1. The van der Waals surface area contributed by atoms with Crippen molar-refractivity contribution >= 4 is 17.7 Å². The van der Waals surface area contributed by atoms with E-state index in [0.717, 1.165) is 17.9 Å². The highest BCUT2D eigenvalue weighted by Crippen LogP contribution is 2.12. The maximum atomic E-state index is 11.6. The number of rotatable bonds is 7. The maximum Gasteiger partial charge on any atom is 0.230 e. The number of amides is 1. The molecule has 3 N–H and O–H groups in total. The van der Waals surface area contributed by atoms with E-state index in [4.69, 9.17) is 10.2 Å². The standard InChI is InChI=1S/C12H20N2O2S/c1-3-10(13)7-17-8-12(15)14-9(2)11-5-4-6-16-11/h4-6,9-10H,3,7-8,13H2,1-2H3,(H,14,15). The molecule has 0 spiro atoms. The molecule has 5 heteroatoms. The van der Waals surface area contributed by atoms with Gasteiger partial charge in [0.1, 0.15) is 5.76 Å². The first-order valence-corrected chi connectivity index (χ1v) is 6.95. The first-order valence-electron chi connectivity index (χ1n) is 5.79. The van der Waals surface area contributed by atoms with E-state index in [1.54, 1.807) is 18.0 Å². The molecule has 0 aliphatic heterocycles. The fourth-order valence-electron chi connectivity index (χ4n) is 1.31. The summed E-state index contributed by atoms with van der Waals surface area (Å²) in [6.45, 7) is 3.95. The minimum absolute atomic E-state index is 0.0159. The van der Waals surface area contributed by atoms with Gasteiger partial charge in [0.05, 0.1) is 18.1 Å². The Bertz CT molecular complexity index is 327. The van der Waals surface area contributed by atoms with Crippen molar-refractivity contribution < 1.29 is 9.21 Å². The first kappa shape index (κ1) is 14.1. The smallest absolute Gasteiger partial charge is 0.230 e. The molecule has 1 aromatic heterocycles. The van der Waals surface area contributed by atoms with Gasteiger partial charge in [0.2, 0.25) is 5.91 Å². The van der Waals surface area contributed by atoms with Crippen molar-refractivity contribution in [2.45, 2.75) is 32.4 Å². The summed E-state index contributed by atoms with van der Waals surface area (Å²) in [5.41, 5.74) is 5.77. The van der Waals surface area contributed by atoms with Gasteiger partial charge in [-0.25, -0.2) is 0 Å². The summed E-state index contributed by atoms with van der Waals surface area (Å²) in [6, 6.07) is 3.76. The van der Waals surface area contributed by atoms with Crippen LogP contribution in [0.2, 0.25) is 0 Å². The van der Waals surface area contributed by atoms with Crippen molar-refractivity contribution in [3.05, 3.63) is 24.2 Å². The molecule has 1 heterocycles. The predicted molar refractivity (Wildman–Crippen MR) is 70.9 cm³/mol. The van der Waals surface area contributed by atoms with E-state index < -0.39 is 0 Å². The van der Waals surface area contributed by atoms with E-state index in [9.17, 15) is 4.79 Å². The molecule has 1 aromatic rings. The molecule has 0 saturated carbocycles. The molecular weight excluding hydrogens is 236 g/mol. The molecule has 96 valence electrons. The van der Waals surface area contributed by atoms with Gasteiger partial charge in [-0.2, -0.15) is 11.8 Å². The Labute approximate surface area is 106 Å². The van der Waals surface area contributed by atoms with Crippen LogP contribution in [0.1, 0.15) is 32.1 Å². The normalized spacial score (nSPS) is 14.3. The Hall–Kier alpha value is -0.940. The Kier molecular flexibility index (Phi) is 6.15. The molecule has 0 radical (unpaired) electrons. The van der Waals surface area contributed by atoms with E-state index in [-0.39, 0.29) is 18.0 Å². The molecule has 1 rings (SSSR count). The van der Waals surface area contributed by atoms with Gasteiger partial charge in [0.25, 0.3) is 0 Å². The van der Waals surface area contributed by atoms with Crippen LogP contribution in [0.15, 0.2) is 22.8 Å². The number of carbonyl (C=O) groups is 1. The minimum atomic E-state index is -0.0852. The lowest BCUT2D eigenvalue weighted by Crippen LogP contribution is -2.29. The summed E-state index contributed by atoms with van der Waals surface area (Å²) in [5.74, 6) is 2.05. The van der Waals surface area contributed by atoms with Gasteiger partial charge in [-0.15, -0.1) is 0 Å². The highest BCUT2D eigenvalue weighted by Gasteiger charge is 2.11. The molecule has 0 fully saturated rings. The van der Waals surface area contributed by atoms with Crippen LogP contribution >= 0.6 is 11.8 Å². The van der Waals surface area contributed by atoms with Crippen LogP contribution in [0.4, 0.5) is 0 Å². The Morgan fingerprint density at radius 2 is 2.41 bits per heavy atom. The average molecular weight is 256 g/mol. The van der Waals surface area contributed by atoms with E-state index in [1.807, 2.05) is 26.0 Å². The molecular formula is C12H20N2O2S. The summed E-state index contributed by atoms with van der Waals surface area (Å²) in [6.07, 6.45) is 2.55. The van der Waals surface area contributed by atoms with Crippen molar-refractivity contribution in [3.63, 3.8) is 0 Å². The summed E-state index contributed by atoms with van der Waals surface area (Å²) in [5, 5.41) is 2.88. The lowest BCUT2D eigenvalue weighted by Gasteiger charge is -2.12. The topological polar surface area (TPSA) is 68.3 Å². The predicted octanol–water partition coefficient (Wildman–Crippen LogP) is 1.93. The quantitative estimate of drug-likeness (QED) is 0.782. The van der Waals surface area contributed by atoms with Gasteiger partial charge < -0.3 is 15.5 Å². The van der Waals surface area contributed by atoms with Crippen molar-refractivity contribution in [2.24, 2.45) is 5.73 Å². The van der Waals surface area contributed by atoms with Gasteiger partial charge in [-0.1, -0.05) is 6.92 Å². The number of furan rings is 1. The van der Waals surface area contributed by atoms with Crippen LogP contribution in [0.5, 0.6) is 0 Å². The monoisotopic (exact) mass is 256 g/mol. The second-order valence-corrected chi connectivity index (χ2v) is 5.02. The lowest BCUT2D eigenvalue weighted by atomic mass is 10.2. The second-order valence-electron chi connectivity index (χ2n) is 3.99. The molecule has 2 unspecified atom stereocenters. The third kappa shape index (κ3) is 5.28. The van der Waals surface area contributed by atoms with Crippen molar-refractivity contribution in [2.75, 3.05) is 11.5 Å². The number of nitrogens with one attached hydrogen (secondary N) is 1. The number of thioether (sulfide) groups is 1. The highest BCUT2D eigenvalue weighted by molar-refractivity contribution is 7.99. The minimum Gasteiger partial charge on any atom is -0.467 e. The molecule has 0 aromatic carbocycles. The van der Waals surface area contributed by atoms with Gasteiger partial charge in [0, 0.05) is 11.8 Å². The maximum absolute atomic E-state index is 11.6. The van der Waals surface area contributed by atoms with Crippen molar-refractivity contribution in [1.82, 2.24) is 5.32 Å². The zero-order valence-electron chi connectivity index (χ0n) is 10.3. The molecule has 17 heavy (non-hydrogen) atoms. The molecule has 1 amide bonds. The fraction of sp³-hybridized carbons (Fsp3) is 0.583. The average Bonchev–Trinajstić information content (AvgIpc) is 2.82. The van der Waals surface area contributed by atoms with E-state index >= 15 is 0 Å². The Morgan fingerprint density at radius 1 is 1.65 bits per heavy atom. The van der Waals surface area contributed by atoms with Crippen molar-refractivity contribution in [1.29, 1.82) is 0 Å². The molecule has 0 bridgehead atoms. The Morgan fingerprint density at radius 3 is 3.00 bits per heavy atom. The van der Waals surface area contributed by atoms with E-state index in [2.05, 4.69) is 5.32 Å². The van der Waals surface area contributed by atoms with Crippen LogP contribution in [0.25, 0.3) is 0 Å². The van der Waals surface area contributed by atoms with Gasteiger partial charge >= 0.3 is 0 Å². The number of hydrogen-bond acceptors (Lipinski definition) is 4. The Balaban J connectivity index is 2.21. The summed E-state index contributed by atoms with van der Waals surface area (Å²) < 4.78 is 5.21. The molecule has 2 atom stereocenters. The molecule has 0 aliphatic rings. The molecule has 0 aliphatic carbocycles. The highest BCUT2D eigenvalue weighted by atomic mass is 32.2. The summed E-state index contributed by atoms with van der Waals surface area (Å²) >= 11 is 1.57. The van der Waals surface area contributed by atoms with E-state index in [1.165, 1.54) is 0 Å². The van der Waals surface area contributed by atoms with Crippen LogP contribution in [0.3, 0.4) is 0 Å². The number of nitrogens with two attached hydrogens (primary N) is 1. The summed E-state index contributed by atoms with van der Waals surface area (Å²) in [4.78, 5) is 11.6. The summed E-state index contributed by atoms with van der Waals surface area (Å²) in [7, 11) is 0. The van der Waals surface area contributed by atoms with Crippen LogP contribution in [-0.2, 0) is 4.79 Å².